The summed E-state index contributed by atoms with van der Waals surface area (Å²) in [5.74, 6) is 2.62. The van der Waals surface area contributed by atoms with Crippen molar-refractivity contribution < 1.29 is 9.47 Å². The Kier molecular flexibility index (Phi) is 5.04. The predicted octanol–water partition coefficient (Wildman–Crippen LogP) is 6.09. The summed E-state index contributed by atoms with van der Waals surface area (Å²) in [5, 5.41) is 4.03. The summed E-state index contributed by atoms with van der Waals surface area (Å²) < 4.78 is 12.7. The van der Waals surface area contributed by atoms with Crippen LogP contribution in [0.15, 0.2) is 16.6 Å². The van der Waals surface area contributed by atoms with Crippen LogP contribution in [-0.4, -0.2) is 19.3 Å². The summed E-state index contributed by atoms with van der Waals surface area (Å²) >= 11 is 3.64. The Morgan fingerprint density at radius 2 is 1.81 bits per heavy atom. The van der Waals surface area contributed by atoms with Gasteiger partial charge in [0.05, 0.1) is 13.7 Å². The van der Waals surface area contributed by atoms with E-state index in [-0.39, 0.29) is 0 Å². The summed E-state index contributed by atoms with van der Waals surface area (Å²) in [5.41, 5.74) is 2.54. The molecule has 4 fully saturated rings. The largest absolute Gasteiger partial charge is 0.493 e. The van der Waals surface area contributed by atoms with E-state index < -0.39 is 0 Å². The molecule has 4 saturated carbocycles. The second kappa shape index (κ2) is 6.95. The van der Waals surface area contributed by atoms with Crippen molar-refractivity contribution in [3.05, 3.63) is 22.2 Å². The van der Waals surface area contributed by atoms with Gasteiger partial charge in [0.1, 0.15) is 0 Å². The van der Waals surface area contributed by atoms with Gasteiger partial charge in [-0.25, -0.2) is 0 Å². The van der Waals surface area contributed by atoms with Crippen LogP contribution in [0.5, 0.6) is 11.5 Å². The Bertz CT molecular complexity index is 701. The molecule has 4 heteroatoms. The van der Waals surface area contributed by atoms with Crippen molar-refractivity contribution in [2.75, 3.05) is 13.7 Å². The van der Waals surface area contributed by atoms with Crippen LogP contribution >= 0.6 is 15.9 Å². The number of methoxy groups -OCH3 is 1. The molecular weight excluding hydrogens is 402 g/mol. The lowest BCUT2D eigenvalue weighted by molar-refractivity contribution is -0.118. The molecule has 150 valence electrons. The van der Waals surface area contributed by atoms with E-state index in [2.05, 4.69) is 48.1 Å². The minimum Gasteiger partial charge on any atom is -0.493 e. The Balaban J connectivity index is 1.57. The number of rotatable bonds is 7. The normalized spacial score (nSPS) is 36.9. The highest BCUT2D eigenvalue weighted by Gasteiger charge is 2.59. The van der Waals surface area contributed by atoms with Crippen molar-refractivity contribution in [3.63, 3.8) is 0 Å². The van der Waals surface area contributed by atoms with E-state index in [4.69, 9.17) is 9.47 Å². The monoisotopic (exact) mass is 435 g/mol. The van der Waals surface area contributed by atoms with E-state index >= 15 is 0 Å². The quantitative estimate of drug-likeness (QED) is 0.562. The average molecular weight is 436 g/mol. The maximum absolute atomic E-state index is 6.09. The molecule has 0 radical (unpaired) electrons. The van der Waals surface area contributed by atoms with Crippen LogP contribution in [0.25, 0.3) is 0 Å². The first kappa shape index (κ1) is 19.6. The molecule has 0 heterocycles. The molecule has 5 rings (SSSR count). The van der Waals surface area contributed by atoms with Crippen LogP contribution < -0.4 is 14.8 Å². The molecule has 0 saturated heterocycles. The fourth-order valence-corrected chi connectivity index (χ4v) is 7.69. The van der Waals surface area contributed by atoms with Gasteiger partial charge < -0.3 is 14.8 Å². The lowest BCUT2D eigenvalue weighted by Crippen LogP contribution is -2.63. The van der Waals surface area contributed by atoms with Gasteiger partial charge in [-0.15, -0.1) is 0 Å². The Labute approximate surface area is 172 Å². The number of hydrogen-bond acceptors (Lipinski definition) is 3. The molecule has 0 aliphatic heterocycles. The van der Waals surface area contributed by atoms with Crippen LogP contribution in [-0.2, 0) is 6.54 Å². The molecule has 4 aliphatic carbocycles. The van der Waals surface area contributed by atoms with Crippen molar-refractivity contribution in [1.29, 1.82) is 0 Å². The molecule has 0 amide bonds. The van der Waals surface area contributed by atoms with Gasteiger partial charge in [-0.05, 0) is 73.8 Å². The Hall–Kier alpha value is -0.740. The fourth-order valence-electron chi connectivity index (χ4n) is 7.20. The zero-order valence-electron chi connectivity index (χ0n) is 17.3. The number of nitrogens with one attached hydrogen (secondary N) is 1. The minimum absolute atomic E-state index is 0.292. The number of halogens is 1. The van der Waals surface area contributed by atoms with Crippen LogP contribution in [0.4, 0.5) is 0 Å². The van der Waals surface area contributed by atoms with Gasteiger partial charge in [0, 0.05) is 22.1 Å². The zero-order valence-corrected chi connectivity index (χ0v) is 18.9. The molecule has 2 unspecified atom stereocenters. The van der Waals surface area contributed by atoms with Crippen molar-refractivity contribution in [1.82, 2.24) is 5.32 Å². The van der Waals surface area contributed by atoms with E-state index in [1.54, 1.807) is 7.11 Å². The SMILES string of the molecule is CCCOc1c(CNC23CC4C[C@@](C)(C2)C[C@](C)(C4)C3)cc(Br)cc1OC. The molecule has 0 spiro atoms. The highest BCUT2D eigenvalue weighted by Crippen LogP contribution is 2.66. The third kappa shape index (κ3) is 3.76. The van der Waals surface area contributed by atoms with Gasteiger partial charge in [0.15, 0.2) is 11.5 Å². The molecule has 1 aromatic rings. The van der Waals surface area contributed by atoms with Gasteiger partial charge >= 0.3 is 0 Å². The van der Waals surface area contributed by atoms with E-state index in [1.807, 2.05) is 6.07 Å². The molecule has 4 aliphatic rings. The smallest absolute Gasteiger partial charge is 0.165 e. The summed E-state index contributed by atoms with van der Waals surface area (Å²) in [7, 11) is 1.72. The molecule has 27 heavy (non-hydrogen) atoms. The number of benzene rings is 1. The van der Waals surface area contributed by atoms with Crippen LogP contribution in [0.2, 0.25) is 0 Å². The van der Waals surface area contributed by atoms with E-state index in [9.17, 15) is 0 Å². The first-order valence-corrected chi connectivity index (χ1v) is 11.3. The summed E-state index contributed by atoms with van der Waals surface area (Å²) in [6.45, 7) is 8.76. The second-order valence-electron chi connectivity index (χ2n) is 10.2. The minimum atomic E-state index is 0.292. The average Bonchev–Trinajstić information content (AvgIpc) is 2.55. The molecule has 0 aromatic heterocycles. The van der Waals surface area contributed by atoms with E-state index in [1.165, 1.54) is 44.1 Å². The highest BCUT2D eigenvalue weighted by molar-refractivity contribution is 9.10. The van der Waals surface area contributed by atoms with Crippen molar-refractivity contribution in [3.8, 4) is 11.5 Å². The van der Waals surface area contributed by atoms with Crippen LogP contribution in [0.1, 0.15) is 71.3 Å². The first-order valence-electron chi connectivity index (χ1n) is 10.5. The topological polar surface area (TPSA) is 30.5 Å². The van der Waals surface area contributed by atoms with E-state index in [0.717, 1.165) is 34.9 Å². The zero-order chi connectivity index (χ0) is 19.3. The van der Waals surface area contributed by atoms with Gasteiger partial charge in [0.2, 0.25) is 0 Å². The predicted molar refractivity (Wildman–Crippen MR) is 113 cm³/mol. The van der Waals surface area contributed by atoms with Gasteiger partial charge in [0.25, 0.3) is 0 Å². The molecule has 4 atom stereocenters. The summed E-state index contributed by atoms with van der Waals surface area (Å²) in [6, 6.07) is 4.19. The highest BCUT2D eigenvalue weighted by atomic mass is 79.9. The molecule has 3 nitrogen and oxygen atoms in total. The Morgan fingerprint density at radius 1 is 1.11 bits per heavy atom. The van der Waals surface area contributed by atoms with Gasteiger partial charge in [-0.2, -0.15) is 0 Å². The third-order valence-electron chi connectivity index (χ3n) is 7.05. The lowest BCUT2D eigenvalue weighted by Gasteiger charge is -2.65. The van der Waals surface area contributed by atoms with Gasteiger partial charge in [-0.3, -0.25) is 0 Å². The standard InChI is InChI=1S/C23H34BrNO2/c1-5-6-27-20-17(7-18(24)8-19(20)26-4)12-25-23-11-16-9-21(2,14-23)13-22(3,10-16)15-23/h7-8,16,25H,5-6,9-15H2,1-4H3/t16?,21-,22+,23?. The second-order valence-corrected chi connectivity index (χ2v) is 11.1. The molecule has 4 bridgehead atoms. The number of ether oxygens (including phenoxy) is 2. The first-order chi connectivity index (χ1) is 12.8. The summed E-state index contributed by atoms with van der Waals surface area (Å²) in [6.07, 6.45) is 9.26. The molecule has 1 N–H and O–H groups in total. The molecule has 1 aromatic carbocycles. The van der Waals surface area contributed by atoms with Crippen LogP contribution in [0.3, 0.4) is 0 Å². The van der Waals surface area contributed by atoms with Crippen molar-refractivity contribution >= 4 is 15.9 Å². The van der Waals surface area contributed by atoms with Crippen molar-refractivity contribution in [2.24, 2.45) is 16.7 Å². The lowest BCUT2D eigenvalue weighted by atomic mass is 9.43. The molecular formula is C23H34BrNO2. The van der Waals surface area contributed by atoms with E-state index in [0.29, 0.717) is 23.0 Å². The van der Waals surface area contributed by atoms with Gasteiger partial charge in [-0.1, -0.05) is 36.7 Å². The van der Waals surface area contributed by atoms with Crippen molar-refractivity contribution in [2.45, 2.75) is 77.8 Å². The number of hydrogen-bond donors (Lipinski definition) is 1. The summed E-state index contributed by atoms with van der Waals surface area (Å²) in [4.78, 5) is 0. The maximum atomic E-state index is 6.09. The Morgan fingerprint density at radius 3 is 2.41 bits per heavy atom. The third-order valence-corrected chi connectivity index (χ3v) is 7.50. The maximum Gasteiger partial charge on any atom is 0.165 e. The van der Waals surface area contributed by atoms with Crippen LogP contribution in [0, 0.1) is 16.7 Å². The fraction of sp³-hybridized carbons (Fsp3) is 0.739.